The van der Waals surface area contributed by atoms with E-state index in [0.29, 0.717) is 23.8 Å². The summed E-state index contributed by atoms with van der Waals surface area (Å²) in [6.45, 7) is 4.32. The monoisotopic (exact) mass is 449 g/mol. The van der Waals surface area contributed by atoms with Gasteiger partial charge in [-0.3, -0.25) is 10.1 Å². The standard InChI is InChI=1S/C21H27N3O4S2/c1-14-12-24(13-15(2)28-14)30(26,27)17-8-6-7-16(11-17)20(25)23-21-22-18-9-4-3-5-10-19(18)29-21/h6-8,11,14-15H,3-5,9-10,12-13H2,1-2H3,(H,22,23,25). The number of nitrogens with one attached hydrogen (secondary N) is 1. The normalized spacial score (nSPS) is 22.9. The van der Waals surface area contributed by atoms with Gasteiger partial charge in [-0.15, -0.1) is 11.3 Å². The molecule has 1 fully saturated rings. The molecular weight excluding hydrogens is 422 g/mol. The maximum absolute atomic E-state index is 13.1. The molecule has 162 valence electrons. The molecule has 1 amide bonds. The maximum Gasteiger partial charge on any atom is 0.257 e. The van der Waals surface area contributed by atoms with E-state index < -0.39 is 10.0 Å². The molecule has 2 aliphatic rings. The van der Waals surface area contributed by atoms with Gasteiger partial charge in [0.1, 0.15) is 0 Å². The highest BCUT2D eigenvalue weighted by molar-refractivity contribution is 7.89. The van der Waals surface area contributed by atoms with E-state index in [1.165, 1.54) is 39.1 Å². The van der Waals surface area contributed by atoms with Gasteiger partial charge in [-0.1, -0.05) is 12.5 Å². The van der Waals surface area contributed by atoms with Crippen molar-refractivity contribution in [1.82, 2.24) is 9.29 Å². The van der Waals surface area contributed by atoms with Crippen LogP contribution in [0.25, 0.3) is 0 Å². The Labute approximate surface area is 181 Å². The highest BCUT2D eigenvalue weighted by atomic mass is 32.2. The molecule has 0 bridgehead atoms. The molecule has 30 heavy (non-hydrogen) atoms. The van der Waals surface area contributed by atoms with E-state index in [2.05, 4.69) is 10.3 Å². The lowest BCUT2D eigenvalue weighted by Crippen LogP contribution is -2.48. The topological polar surface area (TPSA) is 88.6 Å². The van der Waals surface area contributed by atoms with Crippen molar-refractivity contribution in [2.24, 2.45) is 0 Å². The average Bonchev–Trinajstić information content (AvgIpc) is 2.95. The summed E-state index contributed by atoms with van der Waals surface area (Å²) in [5.74, 6) is -0.348. The first-order chi connectivity index (χ1) is 14.3. The predicted molar refractivity (Wildman–Crippen MR) is 117 cm³/mol. The van der Waals surface area contributed by atoms with Crippen molar-refractivity contribution in [1.29, 1.82) is 0 Å². The molecule has 0 spiro atoms. The number of morpholine rings is 1. The second-order valence-corrected chi connectivity index (χ2v) is 11.0. The van der Waals surface area contributed by atoms with Gasteiger partial charge in [0.25, 0.3) is 5.91 Å². The van der Waals surface area contributed by atoms with Gasteiger partial charge in [0.2, 0.25) is 10.0 Å². The second-order valence-electron chi connectivity index (χ2n) is 8.01. The van der Waals surface area contributed by atoms with E-state index in [1.807, 2.05) is 13.8 Å². The molecule has 7 nitrogen and oxygen atoms in total. The molecule has 1 N–H and O–H groups in total. The largest absolute Gasteiger partial charge is 0.373 e. The third-order valence-electron chi connectivity index (χ3n) is 5.44. The summed E-state index contributed by atoms with van der Waals surface area (Å²) in [6.07, 6.45) is 5.11. The molecule has 2 unspecified atom stereocenters. The quantitative estimate of drug-likeness (QED) is 0.722. The van der Waals surface area contributed by atoms with Gasteiger partial charge in [0.05, 0.1) is 22.8 Å². The van der Waals surface area contributed by atoms with Crippen molar-refractivity contribution in [2.45, 2.75) is 63.1 Å². The van der Waals surface area contributed by atoms with Crippen LogP contribution in [-0.4, -0.2) is 48.9 Å². The third-order valence-corrected chi connectivity index (χ3v) is 8.34. The number of aryl methyl sites for hydroxylation is 2. The fourth-order valence-electron chi connectivity index (χ4n) is 4.03. The number of benzene rings is 1. The molecule has 1 aromatic carbocycles. The van der Waals surface area contributed by atoms with Crippen LogP contribution in [-0.2, 0) is 27.6 Å². The zero-order chi connectivity index (χ0) is 21.3. The van der Waals surface area contributed by atoms with E-state index >= 15 is 0 Å². The van der Waals surface area contributed by atoms with Gasteiger partial charge in [-0.25, -0.2) is 13.4 Å². The first kappa shape index (κ1) is 21.4. The Hall–Kier alpha value is -1.81. The molecule has 2 atom stereocenters. The van der Waals surface area contributed by atoms with Crippen molar-refractivity contribution >= 4 is 32.4 Å². The van der Waals surface area contributed by atoms with Gasteiger partial charge in [-0.2, -0.15) is 4.31 Å². The summed E-state index contributed by atoms with van der Waals surface area (Å²) in [5, 5.41) is 3.43. The number of carbonyl (C=O) groups is 1. The highest BCUT2D eigenvalue weighted by Gasteiger charge is 2.32. The molecule has 1 aliphatic carbocycles. The average molecular weight is 450 g/mol. The van der Waals surface area contributed by atoms with Gasteiger partial charge >= 0.3 is 0 Å². The number of fused-ring (bicyclic) bond motifs is 1. The number of hydrogen-bond donors (Lipinski definition) is 1. The maximum atomic E-state index is 13.1. The summed E-state index contributed by atoms with van der Waals surface area (Å²) < 4.78 is 33.3. The number of sulfonamides is 1. The summed E-state index contributed by atoms with van der Waals surface area (Å²) in [5.41, 5.74) is 1.38. The molecule has 1 saturated heterocycles. The number of anilines is 1. The molecule has 2 heterocycles. The Balaban J connectivity index is 1.52. The van der Waals surface area contributed by atoms with Gasteiger partial charge in [-0.05, 0) is 57.7 Å². The number of rotatable bonds is 4. The van der Waals surface area contributed by atoms with Crippen LogP contribution in [0.4, 0.5) is 5.13 Å². The molecular formula is C21H27N3O4S2. The number of ether oxygens (including phenoxy) is 1. The fraction of sp³-hybridized carbons (Fsp3) is 0.524. The lowest BCUT2D eigenvalue weighted by Gasteiger charge is -2.34. The summed E-state index contributed by atoms with van der Waals surface area (Å²) >= 11 is 1.52. The molecule has 1 aromatic heterocycles. The van der Waals surface area contributed by atoms with E-state index in [0.717, 1.165) is 31.4 Å². The van der Waals surface area contributed by atoms with E-state index in [4.69, 9.17) is 4.74 Å². The van der Waals surface area contributed by atoms with Crippen molar-refractivity contribution < 1.29 is 17.9 Å². The van der Waals surface area contributed by atoms with Gasteiger partial charge in [0.15, 0.2) is 5.13 Å². The Morgan fingerprint density at radius 2 is 1.90 bits per heavy atom. The van der Waals surface area contributed by atoms with E-state index in [9.17, 15) is 13.2 Å². The molecule has 9 heteroatoms. The van der Waals surface area contributed by atoms with Crippen LogP contribution in [0.1, 0.15) is 54.0 Å². The van der Waals surface area contributed by atoms with Crippen LogP contribution in [0, 0.1) is 0 Å². The highest BCUT2D eigenvalue weighted by Crippen LogP contribution is 2.29. The first-order valence-electron chi connectivity index (χ1n) is 10.4. The number of thiazole rings is 1. The second kappa shape index (κ2) is 8.74. The Morgan fingerprint density at radius 1 is 1.17 bits per heavy atom. The lowest BCUT2D eigenvalue weighted by molar-refractivity contribution is -0.0440. The number of hydrogen-bond acceptors (Lipinski definition) is 6. The van der Waals surface area contributed by atoms with Gasteiger partial charge < -0.3 is 4.74 Å². The fourth-order valence-corrected chi connectivity index (χ4v) is 6.71. The van der Waals surface area contributed by atoms with Crippen molar-refractivity contribution in [2.75, 3.05) is 18.4 Å². The minimum Gasteiger partial charge on any atom is -0.373 e. The van der Waals surface area contributed by atoms with Crippen LogP contribution in [0.5, 0.6) is 0 Å². The van der Waals surface area contributed by atoms with Crippen molar-refractivity contribution in [3.63, 3.8) is 0 Å². The zero-order valence-electron chi connectivity index (χ0n) is 17.3. The SMILES string of the molecule is CC1CN(S(=O)(=O)c2cccc(C(=O)Nc3nc4c(s3)CCCCC4)c2)CC(C)O1. The summed E-state index contributed by atoms with van der Waals surface area (Å²) in [4.78, 5) is 18.7. The smallest absolute Gasteiger partial charge is 0.257 e. The number of carbonyl (C=O) groups excluding carboxylic acids is 1. The Morgan fingerprint density at radius 3 is 2.67 bits per heavy atom. The molecule has 1 aliphatic heterocycles. The minimum absolute atomic E-state index is 0.117. The van der Waals surface area contributed by atoms with Crippen LogP contribution in [0.15, 0.2) is 29.2 Å². The minimum atomic E-state index is -3.70. The number of amides is 1. The summed E-state index contributed by atoms with van der Waals surface area (Å²) in [6, 6.07) is 6.19. The summed E-state index contributed by atoms with van der Waals surface area (Å²) in [7, 11) is -3.70. The third kappa shape index (κ3) is 4.59. The van der Waals surface area contributed by atoms with Crippen LogP contribution in [0.3, 0.4) is 0 Å². The van der Waals surface area contributed by atoms with Gasteiger partial charge in [0, 0.05) is 23.5 Å². The predicted octanol–water partition coefficient (Wildman–Crippen LogP) is 3.46. The molecule has 0 saturated carbocycles. The number of aromatic nitrogens is 1. The van der Waals surface area contributed by atoms with Crippen molar-refractivity contribution in [3.05, 3.63) is 40.4 Å². The van der Waals surface area contributed by atoms with Crippen LogP contribution >= 0.6 is 11.3 Å². The van der Waals surface area contributed by atoms with E-state index in [1.54, 1.807) is 12.1 Å². The Bertz CT molecular complexity index is 1000. The lowest BCUT2D eigenvalue weighted by atomic mass is 10.2. The molecule has 4 rings (SSSR count). The Kier molecular flexibility index (Phi) is 6.24. The molecule has 0 radical (unpaired) electrons. The van der Waals surface area contributed by atoms with Crippen molar-refractivity contribution in [3.8, 4) is 0 Å². The van der Waals surface area contributed by atoms with Crippen LogP contribution in [0.2, 0.25) is 0 Å². The van der Waals surface area contributed by atoms with E-state index in [-0.39, 0.29) is 23.0 Å². The zero-order valence-corrected chi connectivity index (χ0v) is 18.9. The number of nitrogens with zero attached hydrogens (tertiary/aromatic N) is 2. The molecule has 2 aromatic rings. The first-order valence-corrected chi connectivity index (χ1v) is 12.6. The van der Waals surface area contributed by atoms with Crippen LogP contribution < -0.4 is 5.32 Å².